The fraction of sp³-hybridized carbons (Fsp3) is 0.571. The highest BCUT2D eigenvalue weighted by atomic mass is 32.2. The van der Waals surface area contributed by atoms with Crippen molar-refractivity contribution >= 4 is 10.0 Å². The molecule has 6 heteroatoms. The molecule has 1 unspecified atom stereocenters. The van der Waals surface area contributed by atoms with E-state index >= 15 is 0 Å². The van der Waals surface area contributed by atoms with Crippen LogP contribution in [0.4, 0.5) is 0 Å². The summed E-state index contributed by atoms with van der Waals surface area (Å²) < 4.78 is 31.8. The summed E-state index contributed by atoms with van der Waals surface area (Å²) >= 11 is 0. The molecule has 20 heavy (non-hydrogen) atoms. The summed E-state index contributed by atoms with van der Waals surface area (Å²) in [5, 5.41) is 3.18. The minimum absolute atomic E-state index is 0.0881. The largest absolute Gasteiger partial charge is 0.492 e. The normalized spacial score (nSPS) is 19.1. The van der Waals surface area contributed by atoms with E-state index in [9.17, 15) is 8.42 Å². The number of nitrogens with one attached hydrogen (secondary N) is 2. The van der Waals surface area contributed by atoms with Crippen molar-refractivity contribution in [1.29, 1.82) is 0 Å². The molecule has 2 rings (SSSR count). The highest BCUT2D eigenvalue weighted by molar-refractivity contribution is 7.89. The van der Waals surface area contributed by atoms with Gasteiger partial charge in [0.15, 0.2) is 0 Å². The Hall–Kier alpha value is -1.11. The molecule has 1 atom stereocenters. The molecule has 1 aromatic rings. The Morgan fingerprint density at radius 3 is 3.00 bits per heavy atom. The molecule has 1 aliphatic rings. The van der Waals surface area contributed by atoms with Crippen molar-refractivity contribution in [2.75, 3.05) is 25.4 Å². The average molecular weight is 298 g/mol. The Morgan fingerprint density at radius 2 is 2.30 bits per heavy atom. The zero-order valence-corrected chi connectivity index (χ0v) is 12.6. The molecular weight excluding hydrogens is 276 g/mol. The van der Waals surface area contributed by atoms with Crippen LogP contribution < -0.4 is 14.8 Å². The lowest BCUT2D eigenvalue weighted by Gasteiger charge is -2.12. The number of aryl methyl sites for hydroxylation is 1. The zero-order chi connectivity index (χ0) is 14.4. The number of ether oxygens (including phenoxy) is 1. The molecular formula is C14H22N2O3S. The zero-order valence-electron chi connectivity index (χ0n) is 11.8. The molecule has 0 amide bonds. The van der Waals surface area contributed by atoms with Gasteiger partial charge >= 0.3 is 0 Å². The molecule has 0 spiro atoms. The lowest BCUT2D eigenvalue weighted by Crippen LogP contribution is -2.38. The van der Waals surface area contributed by atoms with Crippen LogP contribution in [0.3, 0.4) is 0 Å². The summed E-state index contributed by atoms with van der Waals surface area (Å²) in [6.45, 7) is 3.53. The van der Waals surface area contributed by atoms with Crippen molar-refractivity contribution in [2.24, 2.45) is 0 Å². The second-order valence-corrected chi connectivity index (χ2v) is 6.99. The maximum absolute atomic E-state index is 11.8. The quantitative estimate of drug-likeness (QED) is 0.738. The van der Waals surface area contributed by atoms with Crippen molar-refractivity contribution in [2.45, 2.75) is 25.8 Å². The third-order valence-electron chi connectivity index (χ3n) is 3.27. The van der Waals surface area contributed by atoms with Crippen molar-refractivity contribution in [3.63, 3.8) is 0 Å². The maximum Gasteiger partial charge on any atom is 0.213 e. The Morgan fingerprint density at radius 1 is 1.45 bits per heavy atom. The van der Waals surface area contributed by atoms with Gasteiger partial charge in [-0.25, -0.2) is 13.1 Å². The first-order chi connectivity index (χ1) is 9.55. The third-order valence-corrected chi connectivity index (χ3v) is 4.75. The van der Waals surface area contributed by atoms with E-state index in [1.807, 2.05) is 31.2 Å². The molecule has 0 aliphatic carbocycles. The fourth-order valence-electron chi connectivity index (χ4n) is 2.29. The summed E-state index contributed by atoms with van der Waals surface area (Å²) in [5.74, 6) is 0.916. The first-order valence-corrected chi connectivity index (χ1v) is 8.60. The predicted octanol–water partition coefficient (Wildman–Crippen LogP) is 1.05. The fourth-order valence-corrected chi connectivity index (χ4v) is 3.62. The monoisotopic (exact) mass is 298 g/mol. The van der Waals surface area contributed by atoms with E-state index in [0.717, 1.165) is 30.7 Å². The summed E-state index contributed by atoms with van der Waals surface area (Å²) in [7, 11) is -3.22. The molecule has 1 heterocycles. The van der Waals surface area contributed by atoms with Crippen LogP contribution in [0.15, 0.2) is 24.3 Å². The lowest BCUT2D eigenvalue weighted by molar-refractivity contribution is 0.322. The maximum atomic E-state index is 11.8. The molecule has 1 aliphatic heterocycles. The van der Waals surface area contributed by atoms with Crippen LogP contribution >= 0.6 is 0 Å². The van der Waals surface area contributed by atoms with Crippen LogP contribution in [-0.4, -0.2) is 39.9 Å². The van der Waals surface area contributed by atoms with E-state index in [1.165, 1.54) is 0 Å². The Balaban J connectivity index is 1.69. The van der Waals surface area contributed by atoms with Gasteiger partial charge in [0.2, 0.25) is 10.0 Å². The molecule has 0 bridgehead atoms. The van der Waals surface area contributed by atoms with Crippen LogP contribution in [0.2, 0.25) is 0 Å². The molecule has 0 saturated carbocycles. The highest BCUT2D eigenvalue weighted by Gasteiger charge is 2.21. The third kappa shape index (κ3) is 5.11. The Kier molecular flexibility index (Phi) is 5.39. The van der Waals surface area contributed by atoms with Crippen LogP contribution in [-0.2, 0) is 10.0 Å². The van der Waals surface area contributed by atoms with Gasteiger partial charge in [0.05, 0.1) is 5.75 Å². The van der Waals surface area contributed by atoms with Gasteiger partial charge in [-0.15, -0.1) is 0 Å². The Labute approximate surface area is 120 Å². The van der Waals surface area contributed by atoms with Crippen LogP contribution in [0.5, 0.6) is 5.75 Å². The van der Waals surface area contributed by atoms with E-state index in [4.69, 9.17) is 4.74 Å². The smallest absolute Gasteiger partial charge is 0.213 e. The van der Waals surface area contributed by atoms with Gasteiger partial charge < -0.3 is 10.1 Å². The van der Waals surface area contributed by atoms with Crippen LogP contribution in [0.25, 0.3) is 0 Å². The SMILES string of the molecule is Cc1cccc(OCCNS(=O)(=O)CC2CCCN2)c1. The van der Waals surface area contributed by atoms with Gasteiger partial charge in [-0.3, -0.25) is 0 Å². The second-order valence-electron chi connectivity index (χ2n) is 5.13. The van der Waals surface area contributed by atoms with Crippen molar-refractivity contribution < 1.29 is 13.2 Å². The van der Waals surface area contributed by atoms with Crippen molar-refractivity contribution in [1.82, 2.24) is 10.0 Å². The first kappa shape index (κ1) is 15.3. The van der Waals surface area contributed by atoms with E-state index in [-0.39, 0.29) is 11.8 Å². The topological polar surface area (TPSA) is 67.4 Å². The van der Waals surface area contributed by atoms with E-state index in [2.05, 4.69) is 10.0 Å². The van der Waals surface area contributed by atoms with Crippen molar-refractivity contribution in [3.8, 4) is 5.75 Å². The molecule has 5 nitrogen and oxygen atoms in total. The minimum Gasteiger partial charge on any atom is -0.492 e. The van der Waals surface area contributed by atoms with Crippen LogP contribution in [0, 0.1) is 6.92 Å². The number of benzene rings is 1. The van der Waals surface area contributed by atoms with Gasteiger partial charge in [-0.05, 0) is 44.0 Å². The number of hydrogen-bond acceptors (Lipinski definition) is 4. The minimum atomic E-state index is -3.22. The Bertz CT molecular complexity index is 525. The number of rotatable bonds is 7. The van der Waals surface area contributed by atoms with E-state index in [1.54, 1.807) is 0 Å². The second kappa shape index (κ2) is 7.06. The lowest BCUT2D eigenvalue weighted by atomic mass is 10.2. The standard InChI is InChI=1S/C14H22N2O3S/c1-12-4-2-6-14(10-12)19-9-8-16-20(17,18)11-13-5-3-7-15-13/h2,4,6,10,13,15-16H,3,5,7-9,11H2,1H3. The molecule has 2 N–H and O–H groups in total. The van der Waals surface area contributed by atoms with Gasteiger partial charge in [-0.1, -0.05) is 12.1 Å². The van der Waals surface area contributed by atoms with E-state index in [0.29, 0.717) is 13.2 Å². The summed E-state index contributed by atoms with van der Waals surface area (Å²) in [6, 6.07) is 7.79. The molecule has 1 fully saturated rings. The summed E-state index contributed by atoms with van der Waals surface area (Å²) in [5.41, 5.74) is 1.12. The van der Waals surface area contributed by atoms with Gasteiger partial charge in [0.25, 0.3) is 0 Å². The molecule has 112 valence electrons. The predicted molar refractivity (Wildman–Crippen MR) is 79.5 cm³/mol. The van der Waals surface area contributed by atoms with Gasteiger partial charge in [0.1, 0.15) is 12.4 Å². The van der Waals surface area contributed by atoms with E-state index < -0.39 is 10.0 Å². The highest BCUT2D eigenvalue weighted by Crippen LogP contribution is 2.12. The molecule has 1 saturated heterocycles. The molecule has 0 radical (unpaired) electrons. The van der Waals surface area contributed by atoms with Gasteiger partial charge in [-0.2, -0.15) is 0 Å². The van der Waals surface area contributed by atoms with Gasteiger partial charge in [0, 0.05) is 12.6 Å². The average Bonchev–Trinajstić information content (AvgIpc) is 2.87. The summed E-state index contributed by atoms with van der Waals surface area (Å²) in [4.78, 5) is 0. The van der Waals surface area contributed by atoms with Crippen LogP contribution in [0.1, 0.15) is 18.4 Å². The summed E-state index contributed by atoms with van der Waals surface area (Å²) in [6.07, 6.45) is 1.98. The molecule has 0 aromatic heterocycles. The molecule has 1 aromatic carbocycles. The first-order valence-electron chi connectivity index (χ1n) is 6.95. The number of sulfonamides is 1. The van der Waals surface area contributed by atoms with Crippen molar-refractivity contribution in [3.05, 3.63) is 29.8 Å². The number of hydrogen-bond donors (Lipinski definition) is 2.